The zero-order valence-electron chi connectivity index (χ0n) is 19.0. The number of piperazine rings is 1. The Labute approximate surface area is 182 Å². The summed E-state index contributed by atoms with van der Waals surface area (Å²) < 4.78 is 6.66. The van der Waals surface area contributed by atoms with Crippen molar-refractivity contribution < 1.29 is 9.53 Å². The number of fused-ring (bicyclic) bond motifs is 3. The number of carbonyl (C=O) groups is 1. The Morgan fingerprint density at radius 1 is 1.10 bits per heavy atom. The maximum atomic E-state index is 12.2. The summed E-state index contributed by atoms with van der Waals surface area (Å²) in [5.41, 5.74) is 2.96. The molecule has 2 saturated carbocycles. The maximum absolute atomic E-state index is 12.2. The van der Waals surface area contributed by atoms with Crippen LogP contribution in [-0.2, 0) is 9.53 Å². The lowest BCUT2D eigenvalue weighted by Crippen LogP contribution is -2.53. The molecule has 0 aromatic heterocycles. The van der Waals surface area contributed by atoms with Gasteiger partial charge in [0.1, 0.15) is 5.78 Å². The number of Topliss-reactive ketones (excluding diaryl/α,β-unsaturated/α-hetero) is 1. The Kier molecular flexibility index (Phi) is 5.43. The zero-order valence-corrected chi connectivity index (χ0v) is 19.0. The molecule has 4 fully saturated rings. The predicted octanol–water partition coefficient (Wildman–Crippen LogP) is 4.31. The summed E-state index contributed by atoms with van der Waals surface area (Å²) in [6.07, 6.45) is 5.83. The second-order valence-electron chi connectivity index (χ2n) is 10.7. The third-order valence-corrected chi connectivity index (χ3v) is 9.06. The van der Waals surface area contributed by atoms with Gasteiger partial charge in [-0.3, -0.25) is 9.69 Å². The number of benzene rings is 1. The van der Waals surface area contributed by atoms with Gasteiger partial charge in [-0.1, -0.05) is 25.1 Å². The minimum atomic E-state index is 0.195. The number of rotatable bonds is 3. The van der Waals surface area contributed by atoms with Gasteiger partial charge in [0.25, 0.3) is 0 Å². The Bertz CT molecular complexity index is 787. The SMILES string of the molecule is Cc1ccccc1N1CCN(CC2(C)C(C)OC3C4CC(=O)CCC4CCC32)CC1. The van der Waals surface area contributed by atoms with Crippen molar-refractivity contribution in [2.75, 3.05) is 37.6 Å². The Morgan fingerprint density at radius 3 is 2.63 bits per heavy atom. The molecule has 2 aliphatic carbocycles. The molecular weight excluding hydrogens is 372 g/mol. The van der Waals surface area contributed by atoms with Gasteiger partial charge in [-0.05, 0) is 62.5 Å². The molecule has 2 heterocycles. The van der Waals surface area contributed by atoms with E-state index in [-0.39, 0.29) is 11.5 Å². The summed E-state index contributed by atoms with van der Waals surface area (Å²) in [5, 5.41) is 0. The van der Waals surface area contributed by atoms with Crippen molar-refractivity contribution in [2.45, 2.75) is 65.1 Å². The molecule has 0 radical (unpaired) electrons. The number of nitrogens with zero attached hydrogens (tertiary/aromatic N) is 2. The van der Waals surface area contributed by atoms with Crippen molar-refractivity contribution >= 4 is 11.5 Å². The molecule has 164 valence electrons. The average molecular weight is 411 g/mol. The van der Waals surface area contributed by atoms with Crippen LogP contribution in [-0.4, -0.2) is 55.6 Å². The van der Waals surface area contributed by atoms with Crippen molar-refractivity contribution in [2.24, 2.45) is 23.2 Å². The topological polar surface area (TPSA) is 32.8 Å². The number of aryl methyl sites for hydroxylation is 1. The summed E-state index contributed by atoms with van der Waals surface area (Å²) in [4.78, 5) is 17.4. The average Bonchev–Trinajstić information content (AvgIpc) is 2.99. The molecule has 6 atom stereocenters. The van der Waals surface area contributed by atoms with E-state index in [1.807, 2.05) is 0 Å². The van der Waals surface area contributed by atoms with E-state index in [4.69, 9.17) is 4.74 Å². The van der Waals surface area contributed by atoms with Gasteiger partial charge in [-0.15, -0.1) is 0 Å². The Hall–Kier alpha value is -1.39. The molecule has 4 nitrogen and oxygen atoms in total. The van der Waals surface area contributed by atoms with Gasteiger partial charge < -0.3 is 9.64 Å². The Morgan fingerprint density at radius 2 is 1.87 bits per heavy atom. The minimum Gasteiger partial charge on any atom is -0.374 e. The van der Waals surface area contributed by atoms with E-state index in [0.717, 1.165) is 57.9 Å². The highest BCUT2D eigenvalue weighted by Gasteiger charge is 2.57. The smallest absolute Gasteiger partial charge is 0.133 e. The zero-order chi connectivity index (χ0) is 20.9. The highest BCUT2D eigenvalue weighted by atomic mass is 16.5. The summed E-state index contributed by atoms with van der Waals surface area (Å²) in [6.45, 7) is 12.6. The number of para-hydroxylation sites is 1. The molecule has 1 aromatic carbocycles. The number of carbonyl (C=O) groups excluding carboxylic acids is 1. The van der Waals surface area contributed by atoms with Gasteiger partial charge in [-0.25, -0.2) is 0 Å². The van der Waals surface area contributed by atoms with Crippen LogP contribution in [0.15, 0.2) is 24.3 Å². The first kappa shape index (κ1) is 20.5. The molecule has 0 amide bonds. The summed E-state index contributed by atoms with van der Waals surface area (Å²) in [7, 11) is 0. The minimum absolute atomic E-state index is 0.195. The van der Waals surface area contributed by atoms with Crippen molar-refractivity contribution in [3.8, 4) is 0 Å². The molecule has 0 bridgehead atoms. The third-order valence-electron chi connectivity index (χ3n) is 9.06. The molecule has 1 aromatic rings. The van der Waals surface area contributed by atoms with Crippen molar-refractivity contribution in [1.29, 1.82) is 0 Å². The van der Waals surface area contributed by atoms with Crippen LogP contribution in [0.5, 0.6) is 0 Å². The normalized spacial score (nSPS) is 39.6. The standard InChI is InChI=1S/C26H38N2O2/c1-18-6-4-5-7-24(18)28-14-12-27(13-15-28)17-26(3)19(2)30-25-22-16-21(29)10-8-20(22)9-11-23(25)26/h4-7,19-20,22-23,25H,8-17H2,1-3H3. The first-order valence-electron chi connectivity index (χ1n) is 12.2. The molecule has 2 saturated heterocycles. The van der Waals surface area contributed by atoms with Crippen molar-refractivity contribution in [3.05, 3.63) is 29.8 Å². The lowest BCUT2D eigenvalue weighted by Gasteiger charge is -2.47. The first-order chi connectivity index (χ1) is 14.5. The molecule has 4 heteroatoms. The van der Waals surface area contributed by atoms with E-state index < -0.39 is 0 Å². The van der Waals surface area contributed by atoms with E-state index in [2.05, 4.69) is 54.8 Å². The number of anilines is 1. The third kappa shape index (κ3) is 3.50. The quantitative estimate of drug-likeness (QED) is 0.744. The van der Waals surface area contributed by atoms with Crippen LogP contribution in [0.25, 0.3) is 0 Å². The summed E-state index contributed by atoms with van der Waals surface area (Å²) in [6, 6.07) is 8.75. The van der Waals surface area contributed by atoms with Crippen LogP contribution in [0.1, 0.15) is 51.5 Å². The summed E-state index contributed by atoms with van der Waals surface area (Å²) >= 11 is 0. The second kappa shape index (κ2) is 7.94. The van der Waals surface area contributed by atoms with Gasteiger partial charge in [0.2, 0.25) is 0 Å². The molecule has 6 unspecified atom stereocenters. The number of hydrogen-bond donors (Lipinski definition) is 0. The maximum Gasteiger partial charge on any atom is 0.133 e. The molecule has 2 aliphatic heterocycles. The van der Waals surface area contributed by atoms with Crippen LogP contribution in [0.4, 0.5) is 5.69 Å². The fourth-order valence-corrected chi connectivity index (χ4v) is 7.08. The van der Waals surface area contributed by atoms with Crippen LogP contribution in [0.3, 0.4) is 0 Å². The largest absolute Gasteiger partial charge is 0.374 e. The van der Waals surface area contributed by atoms with E-state index in [1.165, 1.54) is 24.1 Å². The molecule has 30 heavy (non-hydrogen) atoms. The number of ketones is 1. The highest BCUT2D eigenvalue weighted by Crippen LogP contribution is 2.55. The van der Waals surface area contributed by atoms with E-state index in [0.29, 0.717) is 23.7 Å². The molecule has 0 spiro atoms. The van der Waals surface area contributed by atoms with Gasteiger partial charge in [0, 0.05) is 56.7 Å². The molecule has 0 N–H and O–H groups in total. The van der Waals surface area contributed by atoms with E-state index in [1.54, 1.807) is 0 Å². The van der Waals surface area contributed by atoms with E-state index >= 15 is 0 Å². The van der Waals surface area contributed by atoms with Crippen LogP contribution >= 0.6 is 0 Å². The fraction of sp³-hybridized carbons (Fsp3) is 0.731. The van der Waals surface area contributed by atoms with Gasteiger partial charge in [0.05, 0.1) is 12.2 Å². The molecular formula is C26H38N2O2. The van der Waals surface area contributed by atoms with Crippen LogP contribution in [0.2, 0.25) is 0 Å². The first-order valence-corrected chi connectivity index (χ1v) is 12.2. The van der Waals surface area contributed by atoms with Gasteiger partial charge in [0.15, 0.2) is 0 Å². The number of ether oxygens (including phenoxy) is 1. The molecule has 4 aliphatic rings. The summed E-state index contributed by atoms with van der Waals surface area (Å²) in [5.74, 6) is 2.27. The van der Waals surface area contributed by atoms with Crippen LogP contribution < -0.4 is 4.90 Å². The fourth-order valence-electron chi connectivity index (χ4n) is 7.08. The van der Waals surface area contributed by atoms with Crippen molar-refractivity contribution in [3.63, 3.8) is 0 Å². The number of hydrogen-bond acceptors (Lipinski definition) is 4. The second-order valence-corrected chi connectivity index (χ2v) is 10.7. The Balaban J connectivity index is 1.25. The monoisotopic (exact) mass is 410 g/mol. The van der Waals surface area contributed by atoms with Gasteiger partial charge in [-0.2, -0.15) is 0 Å². The van der Waals surface area contributed by atoms with Crippen molar-refractivity contribution in [1.82, 2.24) is 4.90 Å². The van der Waals surface area contributed by atoms with Crippen LogP contribution in [0, 0.1) is 30.1 Å². The van der Waals surface area contributed by atoms with E-state index in [9.17, 15) is 4.79 Å². The predicted molar refractivity (Wildman–Crippen MR) is 121 cm³/mol. The lowest BCUT2D eigenvalue weighted by molar-refractivity contribution is -0.128. The molecule has 5 rings (SSSR count). The van der Waals surface area contributed by atoms with Gasteiger partial charge >= 0.3 is 0 Å². The highest BCUT2D eigenvalue weighted by molar-refractivity contribution is 5.79. The lowest BCUT2D eigenvalue weighted by atomic mass is 9.59.